The lowest BCUT2D eigenvalue weighted by Crippen LogP contribution is -2.17. The number of carbonyl (C=O) groups excluding carboxylic acids is 1. The summed E-state index contributed by atoms with van der Waals surface area (Å²) in [6.45, 7) is 4.77. The third kappa shape index (κ3) is 4.42. The number of esters is 1. The molecular formula is C11H18O3. The number of hydrogen-bond donors (Lipinski definition) is 0. The number of rotatable bonds is 5. The second-order valence-electron chi connectivity index (χ2n) is 3.51. The van der Waals surface area contributed by atoms with Crippen molar-refractivity contribution in [1.29, 1.82) is 0 Å². The molecule has 0 aromatic rings. The van der Waals surface area contributed by atoms with E-state index in [-0.39, 0.29) is 12.1 Å². The average molecular weight is 198 g/mol. The molecule has 0 bridgehead atoms. The van der Waals surface area contributed by atoms with Crippen molar-refractivity contribution in [1.82, 2.24) is 0 Å². The van der Waals surface area contributed by atoms with Gasteiger partial charge in [0.15, 0.2) is 0 Å². The molecule has 0 aromatic carbocycles. The van der Waals surface area contributed by atoms with Crippen LogP contribution in [0.4, 0.5) is 0 Å². The first-order chi connectivity index (χ1) is 6.83. The van der Waals surface area contributed by atoms with Crippen molar-refractivity contribution in [2.75, 3.05) is 13.2 Å². The minimum atomic E-state index is -0.0591. The van der Waals surface area contributed by atoms with E-state index < -0.39 is 0 Å². The van der Waals surface area contributed by atoms with Crippen LogP contribution in [-0.2, 0) is 14.3 Å². The summed E-state index contributed by atoms with van der Waals surface area (Å²) in [7, 11) is 0. The van der Waals surface area contributed by atoms with Crippen LogP contribution in [0.15, 0.2) is 12.7 Å². The van der Waals surface area contributed by atoms with Crippen LogP contribution in [0.3, 0.4) is 0 Å². The summed E-state index contributed by atoms with van der Waals surface area (Å²) >= 11 is 0. The van der Waals surface area contributed by atoms with Crippen LogP contribution in [0.1, 0.15) is 32.1 Å². The molecule has 1 aliphatic heterocycles. The van der Waals surface area contributed by atoms with Gasteiger partial charge in [0, 0.05) is 12.8 Å². The standard InChI is InChI=1S/C11H18O3/c1-2-8-13-9-7-10-5-3-4-6-11(12)14-10/h2,10H,1,3-9H2/t10-/m1/s1. The Hall–Kier alpha value is -0.830. The quantitative estimate of drug-likeness (QED) is 0.385. The molecule has 0 spiro atoms. The maximum Gasteiger partial charge on any atom is 0.306 e. The van der Waals surface area contributed by atoms with Crippen LogP contribution in [0.2, 0.25) is 0 Å². The van der Waals surface area contributed by atoms with Gasteiger partial charge in [0.1, 0.15) is 6.10 Å². The summed E-state index contributed by atoms with van der Waals surface area (Å²) in [6.07, 6.45) is 6.18. The van der Waals surface area contributed by atoms with E-state index in [9.17, 15) is 4.79 Å². The van der Waals surface area contributed by atoms with E-state index in [0.29, 0.717) is 19.6 Å². The lowest BCUT2D eigenvalue weighted by Gasteiger charge is -2.14. The van der Waals surface area contributed by atoms with E-state index in [1.54, 1.807) is 6.08 Å². The SMILES string of the molecule is C=CCOCC[C@H]1CCCCC(=O)O1. The highest BCUT2D eigenvalue weighted by Crippen LogP contribution is 2.16. The Balaban J connectivity index is 2.15. The fourth-order valence-electron chi connectivity index (χ4n) is 1.53. The molecule has 3 heteroatoms. The first kappa shape index (κ1) is 11.2. The second kappa shape index (κ2) is 6.60. The molecule has 1 heterocycles. The highest BCUT2D eigenvalue weighted by Gasteiger charge is 2.17. The van der Waals surface area contributed by atoms with E-state index in [0.717, 1.165) is 25.7 Å². The molecule has 80 valence electrons. The van der Waals surface area contributed by atoms with Gasteiger partial charge in [-0.05, 0) is 19.3 Å². The second-order valence-corrected chi connectivity index (χ2v) is 3.51. The third-order valence-corrected chi connectivity index (χ3v) is 2.27. The third-order valence-electron chi connectivity index (χ3n) is 2.27. The van der Waals surface area contributed by atoms with E-state index in [1.165, 1.54) is 0 Å². The molecule has 0 N–H and O–H groups in total. The molecule has 1 saturated heterocycles. The van der Waals surface area contributed by atoms with Gasteiger partial charge in [-0.15, -0.1) is 6.58 Å². The van der Waals surface area contributed by atoms with Crippen LogP contribution in [0, 0.1) is 0 Å². The first-order valence-electron chi connectivity index (χ1n) is 5.21. The fourth-order valence-corrected chi connectivity index (χ4v) is 1.53. The van der Waals surface area contributed by atoms with Crippen molar-refractivity contribution in [3.8, 4) is 0 Å². The zero-order valence-corrected chi connectivity index (χ0v) is 8.54. The largest absolute Gasteiger partial charge is 0.462 e. The van der Waals surface area contributed by atoms with Gasteiger partial charge in [0.25, 0.3) is 0 Å². The lowest BCUT2D eigenvalue weighted by atomic mass is 10.1. The molecule has 1 rings (SSSR count). The fraction of sp³-hybridized carbons (Fsp3) is 0.727. The van der Waals surface area contributed by atoms with Crippen molar-refractivity contribution in [3.05, 3.63) is 12.7 Å². The van der Waals surface area contributed by atoms with Gasteiger partial charge in [-0.1, -0.05) is 6.08 Å². The smallest absolute Gasteiger partial charge is 0.306 e. The maximum absolute atomic E-state index is 11.1. The van der Waals surface area contributed by atoms with Crippen molar-refractivity contribution in [3.63, 3.8) is 0 Å². The minimum Gasteiger partial charge on any atom is -0.462 e. The predicted octanol–water partition coefficient (Wildman–Crippen LogP) is 2.06. The van der Waals surface area contributed by atoms with E-state index in [2.05, 4.69) is 6.58 Å². The molecule has 1 aliphatic rings. The average Bonchev–Trinajstić information content (AvgIpc) is 2.38. The Morgan fingerprint density at radius 2 is 2.43 bits per heavy atom. The monoisotopic (exact) mass is 198 g/mol. The Labute approximate surface area is 85.1 Å². The normalized spacial score (nSPS) is 22.6. The van der Waals surface area contributed by atoms with E-state index in [1.807, 2.05) is 0 Å². The Morgan fingerprint density at radius 3 is 3.21 bits per heavy atom. The van der Waals surface area contributed by atoms with Gasteiger partial charge in [-0.2, -0.15) is 0 Å². The van der Waals surface area contributed by atoms with Gasteiger partial charge >= 0.3 is 5.97 Å². The highest BCUT2D eigenvalue weighted by atomic mass is 16.5. The maximum atomic E-state index is 11.1. The molecule has 0 aromatic heterocycles. The summed E-state index contributed by atoms with van der Waals surface area (Å²) in [5, 5.41) is 0. The summed E-state index contributed by atoms with van der Waals surface area (Å²) in [4.78, 5) is 11.1. The van der Waals surface area contributed by atoms with E-state index in [4.69, 9.17) is 9.47 Å². The Morgan fingerprint density at radius 1 is 1.57 bits per heavy atom. The molecule has 1 atom stereocenters. The Kier molecular flexibility index (Phi) is 5.30. The summed E-state index contributed by atoms with van der Waals surface area (Å²) < 4.78 is 10.5. The Bertz CT molecular complexity index is 189. The minimum absolute atomic E-state index is 0.0591. The van der Waals surface area contributed by atoms with Crippen LogP contribution in [0.25, 0.3) is 0 Å². The van der Waals surface area contributed by atoms with Gasteiger partial charge in [-0.25, -0.2) is 0 Å². The van der Waals surface area contributed by atoms with Crippen molar-refractivity contribution in [2.24, 2.45) is 0 Å². The first-order valence-corrected chi connectivity index (χ1v) is 5.21. The molecule has 1 fully saturated rings. The summed E-state index contributed by atoms with van der Waals surface area (Å²) in [6, 6.07) is 0. The van der Waals surface area contributed by atoms with Crippen molar-refractivity contribution < 1.29 is 14.3 Å². The molecule has 3 nitrogen and oxygen atoms in total. The van der Waals surface area contributed by atoms with Gasteiger partial charge in [-0.3, -0.25) is 4.79 Å². The molecule has 0 unspecified atom stereocenters. The van der Waals surface area contributed by atoms with Crippen LogP contribution < -0.4 is 0 Å². The molecule has 0 aliphatic carbocycles. The number of ether oxygens (including phenoxy) is 2. The number of cyclic esters (lactones) is 1. The van der Waals surface area contributed by atoms with Crippen molar-refractivity contribution in [2.45, 2.75) is 38.2 Å². The van der Waals surface area contributed by atoms with Gasteiger partial charge in [0.2, 0.25) is 0 Å². The topological polar surface area (TPSA) is 35.5 Å². The molecular weight excluding hydrogens is 180 g/mol. The molecule has 14 heavy (non-hydrogen) atoms. The van der Waals surface area contributed by atoms with Crippen LogP contribution in [-0.4, -0.2) is 25.3 Å². The van der Waals surface area contributed by atoms with Crippen LogP contribution >= 0.6 is 0 Å². The highest BCUT2D eigenvalue weighted by molar-refractivity contribution is 5.69. The zero-order valence-electron chi connectivity index (χ0n) is 8.54. The predicted molar refractivity (Wildman–Crippen MR) is 54.0 cm³/mol. The molecule has 0 radical (unpaired) electrons. The van der Waals surface area contributed by atoms with Gasteiger partial charge < -0.3 is 9.47 Å². The number of hydrogen-bond acceptors (Lipinski definition) is 3. The summed E-state index contributed by atoms with van der Waals surface area (Å²) in [5.74, 6) is -0.0591. The zero-order chi connectivity index (χ0) is 10.2. The summed E-state index contributed by atoms with van der Waals surface area (Å²) in [5.41, 5.74) is 0. The van der Waals surface area contributed by atoms with Crippen LogP contribution in [0.5, 0.6) is 0 Å². The molecule has 0 amide bonds. The number of carbonyl (C=O) groups is 1. The van der Waals surface area contributed by atoms with E-state index >= 15 is 0 Å². The van der Waals surface area contributed by atoms with Gasteiger partial charge in [0.05, 0.1) is 13.2 Å². The van der Waals surface area contributed by atoms with Crippen molar-refractivity contribution >= 4 is 5.97 Å². The molecule has 0 saturated carbocycles. The lowest BCUT2D eigenvalue weighted by molar-refractivity contribution is -0.148.